The third kappa shape index (κ3) is 1.98. The molecule has 0 atom stereocenters. The number of hydrogen-bond acceptors (Lipinski definition) is 3. The molecule has 0 saturated carbocycles. The van der Waals surface area contributed by atoms with Crippen LogP contribution in [0, 0.1) is 0 Å². The van der Waals surface area contributed by atoms with Crippen molar-refractivity contribution in [3.8, 4) is 5.69 Å². The number of nitrogens with zero attached hydrogens (tertiary/aromatic N) is 4. The van der Waals surface area contributed by atoms with Gasteiger partial charge in [0.15, 0.2) is 0 Å². The standard InChI is InChI=1S/C16H11ClN4O/c17-11-5-7-12(8-6-11)20-10-13-9-18-19-21(13)15-4-2-1-3-14(15)16(20)22/h1-9H,10H2. The largest absolute Gasteiger partial charge is 0.302 e. The molecule has 6 heteroatoms. The van der Waals surface area contributed by atoms with Crippen LogP contribution in [0.15, 0.2) is 54.7 Å². The molecular formula is C16H11ClN4O. The molecule has 5 nitrogen and oxygen atoms in total. The predicted octanol–water partition coefficient (Wildman–Crippen LogP) is 3.08. The molecule has 0 N–H and O–H groups in total. The normalized spacial score (nSPS) is 13.5. The van der Waals surface area contributed by atoms with Gasteiger partial charge in [-0.25, -0.2) is 4.68 Å². The van der Waals surface area contributed by atoms with Gasteiger partial charge in [-0.2, -0.15) is 0 Å². The van der Waals surface area contributed by atoms with E-state index in [-0.39, 0.29) is 5.91 Å². The summed E-state index contributed by atoms with van der Waals surface area (Å²) in [5.41, 5.74) is 2.99. The highest BCUT2D eigenvalue weighted by atomic mass is 35.5. The Labute approximate surface area is 131 Å². The molecule has 0 unspecified atom stereocenters. The summed E-state index contributed by atoms with van der Waals surface area (Å²) < 4.78 is 1.71. The second kappa shape index (κ2) is 4.96. The fourth-order valence-electron chi connectivity index (χ4n) is 2.61. The molecular weight excluding hydrogens is 300 g/mol. The molecule has 0 radical (unpaired) electrons. The number of carbonyl (C=O) groups is 1. The van der Waals surface area contributed by atoms with Crippen molar-refractivity contribution < 1.29 is 4.79 Å². The van der Waals surface area contributed by atoms with E-state index in [4.69, 9.17) is 11.6 Å². The number of benzene rings is 2. The Morgan fingerprint density at radius 3 is 2.64 bits per heavy atom. The maximum absolute atomic E-state index is 12.9. The molecule has 3 aromatic rings. The van der Waals surface area contributed by atoms with Gasteiger partial charge in [-0.3, -0.25) is 4.79 Å². The van der Waals surface area contributed by atoms with Gasteiger partial charge in [0.1, 0.15) is 0 Å². The topological polar surface area (TPSA) is 51.0 Å². The molecule has 1 aliphatic rings. The Kier molecular flexibility index (Phi) is 2.94. The average Bonchev–Trinajstić information content (AvgIpc) is 2.97. The van der Waals surface area contributed by atoms with Crippen LogP contribution in [0.5, 0.6) is 0 Å². The van der Waals surface area contributed by atoms with Gasteiger partial charge < -0.3 is 4.90 Å². The van der Waals surface area contributed by atoms with Crippen LogP contribution < -0.4 is 4.90 Å². The van der Waals surface area contributed by atoms with Crippen LogP contribution in [0.3, 0.4) is 0 Å². The maximum Gasteiger partial charge on any atom is 0.260 e. The van der Waals surface area contributed by atoms with Gasteiger partial charge >= 0.3 is 0 Å². The highest BCUT2D eigenvalue weighted by Gasteiger charge is 2.27. The van der Waals surface area contributed by atoms with Gasteiger partial charge in [-0.1, -0.05) is 28.9 Å². The zero-order valence-corrected chi connectivity index (χ0v) is 12.2. The number of hydrogen-bond donors (Lipinski definition) is 0. The van der Waals surface area contributed by atoms with E-state index >= 15 is 0 Å². The van der Waals surface area contributed by atoms with Crippen molar-refractivity contribution in [1.29, 1.82) is 0 Å². The monoisotopic (exact) mass is 310 g/mol. The fourth-order valence-corrected chi connectivity index (χ4v) is 2.74. The van der Waals surface area contributed by atoms with Gasteiger partial charge in [-0.15, -0.1) is 5.10 Å². The molecule has 22 heavy (non-hydrogen) atoms. The number of carbonyl (C=O) groups excluding carboxylic acids is 1. The molecule has 0 spiro atoms. The van der Waals surface area contributed by atoms with E-state index in [1.54, 1.807) is 34.0 Å². The van der Waals surface area contributed by atoms with Crippen LogP contribution in [0.25, 0.3) is 5.69 Å². The van der Waals surface area contributed by atoms with Crippen molar-refractivity contribution in [2.75, 3.05) is 4.90 Å². The predicted molar refractivity (Wildman–Crippen MR) is 83.3 cm³/mol. The number of aromatic nitrogens is 3. The first-order valence-corrected chi connectivity index (χ1v) is 7.18. The van der Waals surface area contributed by atoms with E-state index in [0.717, 1.165) is 17.1 Å². The molecule has 4 rings (SSSR count). The van der Waals surface area contributed by atoms with Crippen molar-refractivity contribution in [2.45, 2.75) is 6.54 Å². The van der Waals surface area contributed by atoms with Crippen LogP contribution in [0.2, 0.25) is 5.02 Å². The van der Waals surface area contributed by atoms with Crippen molar-refractivity contribution in [3.05, 3.63) is 71.0 Å². The lowest BCUT2D eigenvalue weighted by Gasteiger charge is -2.20. The fraction of sp³-hybridized carbons (Fsp3) is 0.0625. The lowest BCUT2D eigenvalue weighted by Crippen LogP contribution is -2.29. The third-order valence-electron chi connectivity index (χ3n) is 3.69. The van der Waals surface area contributed by atoms with Gasteiger partial charge in [0, 0.05) is 10.7 Å². The van der Waals surface area contributed by atoms with Gasteiger partial charge in [-0.05, 0) is 36.4 Å². The molecule has 1 amide bonds. The molecule has 0 bridgehead atoms. The second-order valence-electron chi connectivity index (χ2n) is 5.02. The Hall–Kier alpha value is -2.66. The summed E-state index contributed by atoms with van der Waals surface area (Å²) in [5.74, 6) is -0.0663. The Morgan fingerprint density at radius 1 is 1.05 bits per heavy atom. The second-order valence-corrected chi connectivity index (χ2v) is 5.46. The molecule has 0 aliphatic carbocycles. The summed E-state index contributed by atoms with van der Waals surface area (Å²) in [5, 5.41) is 8.70. The van der Waals surface area contributed by atoms with Crippen LogP contribution in [0.1, 0.15) is 16.1 Å². The molecule has 2 heterocycles. The number of anilines is 1. The zero-order valence-electron chi connectivity index (χ0n) is 11.5. The average molecular weight is 311 g/mol. The van der Waals surface area contributed by atoms with Crippen LogP contribution >= 0.6 is 11.6 Å². The molecule has 108 valence electrons. The minimum Gasteiger partial charge on any atom is -0.302 e. The Bertz CT molecular complexity index is 857. The smallest absolute Gasteiger partial charge is 0.260 e. The number of rotatable bonds is 1. The van der Waals surface area contributed by atoms with E-state index in [1.165, 1.54) is 0 Å². The van der Waals surface area contributed by atoms with E-state index in [0.29, 0.717) is 17.1 Å². The summed E-state index contributed by atoms with van der Waals surface area (Å²) >= 11 is 5.94. The zero-order chi connectivity index (χ0) is 15.1. The first-order chi connectivity index (χ1) is 10.7. The minimum absolute atomic E-state index is 0.0663. The minimum atomic E-state index is -0.0663. The van der Waals surface area contributed by atoms with E-state index in [1.807, 2.05) is 30.3 Å². The van der Waals surface area contributed by atoms with Crippen LogP contribution in [0.4, 0.5) is 5.69 Å². The van der Waals surface area contributed by atoms with E-state index < -0.39 is 0 Å². The summed E-state index contributed by atoms with van der Waals surface area (Å²) in [4.78, 5) is 14.6. The van der Waals surface area contributed by atoms with Gasteiger partial charge in [0.05, 0.1) is 29.7 Å². The first kappa shape index (κ1) is 13.0. The summed E-state index contributed by atoms with van der Waals surface area (Å²) in [6.45, 7) is 0.405. The van der Waals surface area contributed by atoms with Crippen molar-refractivity contribution in [3.63, 3.8) is 0 Å². The molecule has 2 aromatic carbocycles. The highest BCUT2D eigenvalue weighted by molar-refractivity contribution is 6.30. The number of para-hydroxylation sites is 1. The Balaban J connectivity index is 1.90. The molecule has 1 aromatic heterocycles. The van der Waals surface area contributed by atoms with Crippen LogP contribution in [-0.2, 0) is 6.54 Å². The van der Waals surface area contributed by atoms with Crippen molar-refractivity contribution >= 4 is 23.2 Å². The van der Waals surface area contributed by atoms with Gasteiger partial charge in [0.2, 0.25) is 0 Å². The SMILES string of the molecule is O=C1c2ccccc2-n2nncc2CN1c1ccc(Cl)cc1. The lowest BCUT2D eigenvalue weighted by atomic mass is 10.1. The first-order valence-electron chi connectivity index (χ1n) is 6.80. The summed E-state index contributed by atoms with van der Waals surface area (Å²) in [7, 11) is 0. The molecule has 0 fully saturated rings. The number of fused-ring (bicyclic) bond motifs is 3. The number of amides is 1. The summed E-state index contributed by atoms with van der Waals surface area (Å²) in [6, 6.07) is 14.6. The number of halogens is 1. The third-order valence-corrected chi connectivity index (χ3v) is 3.94. The molecule has 0 saturated heterocycles. The van der Waals surface area contributed by atoms with Crippen LogP contribution in [-0.4, -0.2) is 20.9 Å². The van der Waals surface area contributed by atoms with E-state index in [9.17, 15) is 4.79 Å². The van der Waals surface area contributed by atoms with Gasteiger partial charge in [0.25, 0.3) is 5.91 Å². The summed E-state index contributed by atoms with van der Waals surface area (Å²) in [6.07, 6.45) is 1.68. The van der Waals surface area contributed by atoms with Crippen molar-refractivity contribution in [2.24, 2.45) is 0 Å². The Morgan fingerprint density at radius 2 is 1.82 bits per heavy atom. The lowest BCUT2D eigenvalue weighted by molar-refractivity contribution is 0.0986. The molecule has 1 aliphatic heterocycles. The van der Waals surface area contributed by atoms with Crippen molar-refractivity contribution in [1.82, 2.24) is 15.0 Å². The quantitative estimate of drug-likeness (QED) is 0.694. The highest BCUT2D eigenvalue weighted by Crippen LogP contribution is 2.27. The van der Waals surface area contributed by atoms with E-state index in [2.05, 4.69) is 10.3 Å². The maximum atomic E-state index is 12.9.